The lowest BCUT2D eigenvalue weighted by Gasteiger charge is -2.45. The van der Waals surface area contributed by atoms with Crippen molar-refractivity contribution in [2.75, 3.05) is 26.2 Å². The van der Waals surface area contributed by atoms with Crippen LogP contribution in [0.5, 0.6) is 5.75 Å². The Kier molecular flexibility index (Phi) is 11.4. The second kappa shape index (κ2) is 16.1. The van der Waals surface area contributed by atoms with Crippen molar-refractivity contribution in [2.24, 2.45) is 5.73 Å². The van der Waals surface area contributed by atoms with Gasteiger partial charge in [-0.2, -0.15) is 4.39 Å². The Bertz CT molecular complexity index is 1790. The van der Waals surface area contributed by atoms with E-state index in [1.165, 1.54) is 11.1 Å². The molecule has 3 aliphatic rings. The number of benzene rings is 3. The zero-order valence-electron chi connectivity index (χ0n) is 28.9. The van der Waals surface area contributed by atoms with Crippen molar-refractivity contribution >= 4 is 23.3 Å². The molecule has 2 aliphatic heterocycles. The van der Waals surface area contributed by atoms with Gasteiger partial charge in [0.25, 0.3) is 5.91 Å². The van der Waals surface area contributed by atoms with Crippen molar-refractivity contribution in [3.05, 3.63) is 106 Å². The van der Waals surface area contributed by atoms with Gasteiger partial charge in [0, 0.05) is 50.1 Å². The molecule has 6 rings (SSSR count). The predicted octanol–water partition coefficient (Wildman–Crippen LogP) is 5.64. The predicted molar refractivity (Wildman–Crippen MR) is 188 cm³/mol. The van der Waals surface area contributed by atoms with Crippen LogP contribution < -0.4 is 15.8 Å². The molecule has 3 aromatic rings. The summed E-state index contributed by atoms with van der Waals surface area (Å²) in [6.45, 7) is 3.55. The van der Waals surface area contributed by atoms with E-state index in [0.717, 1.165) is 48.1 Å². The summed E-state index contributed by atoms with van der Waals surface area (Å²) in [5, 5.41) is 3.65. The molecular weight excluding hydrogens is 657 g/mol. The normalized spacial score (nSPS) is 18.5. The van der Waals surface area contributed by atoms with Crippen molar-refractivity contribution in [2.45, 2.75) is 82.8 Å². The maximum Gasteiger partial charge on any atom is 0.252 e. The van der Waals surface area contributed by atoms with Gasteiger partial charge in [0.15, 0.2) is 17.4 Å². The third-order valence-corrected chi connectivity index (χ3v) is 10.1. The fourth-order valence-corrected chi connectivity index (χ4v) is 7.23. The Morgan fingerprint density at radius 2 is 1.67 bits per heavy atom. The molecule has 270 valence electrons. The van der Waals surface area contributed by atoms with Crippen LogP contribution in [0.4, 0.5) is 13.2 Å². The number of hydrogen-bond acceptors (Lipinski definition) is 5. The lowest BCUT2D eigenvalue weighted by molar-refractivity contribution is -0.134. The molecule has 1 saturated heterocycles. The van der Waals surface area contributed by atoms with Gasteiger partial charge in [-0.1, -0.05) is 48.5 Å². The SMILES string of the molecule is Cc1ccccc1CCN(C(=O)C1=C(c2ccc(CCCOc3c(F)ccc(F)c3F)cc2)CC2CN(C(=O)CCCC(N)=O)C[C@H]1N2)C1CC1. The highest BCUT2D eigenvalue weighted by Crippen LogP contribution is 2.37. The first kappa shape index (κ1) is 36.2. The van der Waals surface area contributed by atoms with Gasteiger partial charge in [-0.15, -0.1) is 0 Å². The highest BCUT2D eigenvalue weighted by molar-refractivity contribution is 6.03. The average Bonchev–Trinajstić information content (AvgIpc) is 3.95. The molecule has 3 amide bonds. The maximum atomic E-state index is 14.7. The van der Waals surface area contributed by atoms with Crippen LogP contribution in [0.2, 0.25) is 0 Å². The van der Waals surface area contributed by atoms with E-state index in [4.69, 9.17) is 10.5 Å². The smallest absolute Gasteiger partial charge is 0.252 e. The first-order chi connectivity index (χ1) is 24.6. The summed E-state index contributed by atoms with van der Waals surface area (Å²) in [5.74, 6) is -4.64. The van der Waals surface area contributed by atoms with Gasteiger partial charge >= 0.3 is 0 Å². The summed E-state index contributed by atoms with van der Waals surface area (Å²) in [7, 11) is 0. The number of ether oxygens (including phenoxy) is 1. The van der Waals surface area contributed by atoms with E-state index in [1.54, 1.807) is 0 Å². The van der Waals surface area contributed by atoms with Crippen LogP contribution in [0.25, 0.3) is 5.57 Å². The highest BCUT2D eigenvalue weighted by atomic mass is 19.2. The zero-order valence-corrected chi connectivity index (χ0v) is 28.9. The number of halogens is 3. The minimum Gasteiger partial charge on any atom is -0.488 e. The van der Waals surface area contributed by atoms with E-state index in [0.29, 0.717) is 50.9 Å². The molecule has 3 N–H and O–H groups in total. The molecule has 51 heavy (non-hydrogen) atoms. The third-order valence-electron chi connectivity index (χ3n) is 10.1. The number of aryl methyl sites for hydroxylation is 2. The Morgan fingerprint density at radius 1 is 0.922 bits per heavy atom. The molecule has 0 radical (unpaired) electrons. The van der Waals surface area contributed by atoms with Crippen molar-refractivity contribution in [1.29, 1.82) is 0 Å². The van der Waals surface area contributed by atoms with Crippen LogP contribution in [0.15, 0.2) is 66.2 Å². The van der Waals surface area contributed by atoms with Crippen LogP contribution in [0, 0.1) is 24.4 Å². The summed E-state index contributed by atoms with van der Waals surface area (Å²) in [6, 6.07) is 17.6. The van der Waals surface area contributed by atoms with Crippen LogP contribution >= 0.6 is 0 Å². The standard InChI is InChI=1S/C40H45F3N4O4/c1-25-6-2-3-8-27(25)19-20-47(30-15-16-30)40(50)37-31(22-29-23-46(24-34(37)45-29)36(49)10-4-9-35(44)48)28-13-11-26(12-14-28)7-5-21-51-39-33(42)18-17-32(41)38(39)43/h2-3,6,8,11-14,17-18,29-30,34,45H,4-5,7,9-10,15-16,19-24H2,1H3,(H2,44,48)/t29?,34-/m1/s1. The molecule has 1 saturated carbocycles. The Hall–Kier alpha value is -4.64. The number of primary amides is 1. The molecule has 3 aromatic carbocycles. The van der Waals surface area contributed by atoms with Crippen LogP contribution in [0.1, 0.15) is 67.2 Å². The molecular formula is C40H45F3N4O4. The molecule has 2 heterocycles. The van der Waals surface area contributed by atoms with Gasteiger partial charge in [-0.25, -0.2) is 8.78 Å². The monoisotopic (exact) mass is 702 g/mol. The number of rotatable bonds is 15. The van der Waals surface area contributed by atoms with Crippen LogP contribution in [-0.4, -0.2) is 71.9 Å². The summed E-state index contributed by atoms with van der Waals surface area (Å²) >= 11 is 0. The summed E-state index contributed by atoms with van der Waals surface area (Å²) in [6.07, 6.45) is 5.04. The van der Waals surface area contributed by atoms with Crippen molar-refractivity contribution < 1.29 is 32.3 Å². The topological polar surface area (TPSA) is 105 Å². The zero-order chi connectivity index (χ0) is 36.1. The van der Waals surface area contributed by atoms with Crippen molar-refractivity contribution in [1.82, 2.24) is 15.1 Å². The second-order valence-corrected chi connectivity index (χ2v) is 13.9. The molecule has 1 aliphatic carbocycles. The maximum absolute atomic E-state index is 14.7. The number of nitrogens with one attached hydrogen (secondary N) is 1. The minimum absolute atomic E-state index is 0.00176. The number of fused-ring (bicyclic) bond motifs is 2. The fourth-order valence-electron chi connectivity index (χ4n) is 7.23. The molecule has 0 spiro atoms. The first-order valence-corrected chi connectivity index (χ1v) is 17.8. The van der Waals surface area contributed by atoms with E-state index in [-0.39, 0.29) is 49.4 Å². The minimum atomic E-state index is -1.34. The molecule has 2 fully saturated rings. The first-order valence-electron chi connectivity index (χ1n) is 17.8. The number of piperazine rings is 1. The van der Waals surface area contributed by atoms with Gasteiger partial charge in [0.05, 0.1) is 12.6 Å². The number of nitrogens with zero attached hydrogens (tertiary/aromatic N) is 2. The lowest BCUT2D eigenvalue weighted by Crippen LogP contribution is -2.62. The van der Waals surface area contributed by atoms with E-state index in [1.807, 2.05) is 46.2 Å². The molecule has 1 unspecified atom stereocenters. The van der Waals surface area contributed by atoms with Crippen LogP contribution in [-0.2, 0) is 27.2 Å². The third kappa shape index (κ3) is 8.81. The van der Waals surface area contributed by atoms with E-state index >= 15 is 0 Å². The molecule has 2 bridgehead atoms. The van der Waals surface area contributed by atoms with Gasteiger partial charge in [-0.05, 0) is 91.8 Å². The molecule has 2 atom stereocenters. The quantitative estimate of drug-likeness (QED) is 0.158. The van der Waals surface area contributed by atoms with Crippen molar-refractivity contribution in [3.63, 3.8) is 0 Å². The largest absolute Gasteiger partial charge is 0.488 e. The highest BCUT2D eigenvalue weighted by Gasteiger charge is 2.43. The van der Waals surface area contributed by atoms with Crippen LogP contribution in [0.3, 0.4) is 0 Å². The van der Waals surface area contributed by atoms with Crippen molar-refractivity contribution in [3.8, 4) is 5.75 Å². The summed E-state index contributed by atoms with van der Waals surface area (Å²) in [4.78, 5) is 43.0. The second-order valence-electron chi connectivity index (χ2n) is 13.9. The Morgan fingerprint density at radius 3 is 2.39 bits per heavy atom. The molecule has 8 nitrogen and oxygen atoms in total. The number of carbonyl (C=O) groups is 3. The lowest BCUT2D eigenvalue weighted by atomic mass is 9.82. The summed E-state index contributed by atoms with van der Waals surface area (Å²) in [5.41, 5.74) is 11.3. The van der Waals surface area contributed by atoms with Gasteiger partial charge in [0.2, 0.25) is 17.6 Å². The van der Waals surface area contributed by atoms with Gasteiger partial charge in [0.1, 0.15) is 0 Å². The Balaban J connectivity index is 1.21. The summed E-state index contributed by atoms with van der Waals surface area (Å²) < 4.78 is 46.7. The molecule has 11 heteroatoms. The average molecular weight is 703 g/mol. The van der Waals surface area contributed by atoms with Gasteiger partial charge in [-0.3, -0.25) is 14.4 Å². The Labute approximate surface area is 296 Å². The number of nitrogens with two attached hydrogens (primary N) is 1. The van der Waals surface area contributed by atoms with E-state index in [9.17, 15) is 27.6 Å². The fraction of sp³-hybridized carbons (Fsp3) is 0.425. The van der Waals surface area contributed by atoms with E-state index in [2.05, 4.69) is 24.4 Å². The number of carbonyl (C=O) groups excluding carboxylic acids is 3. The number of amides is 3. The molecule has 0 aromatic heterocycles. The van der Waals surface area contributed by atoms with Gasteiger partial charge < -0.3 is 25.6 Å². The number of hydrogen-bond donors (Lipinski definition) is 2. The van der Waals surface area contributed by atoms with E-state index < -0.39 is 29.1 Å².